The van der Waals surface area contributed by atoms with E-state index >= 15 is 0 Å². The summed E-state index contributed by atoms with van der Waals surface area (Å²) in [6, 6.07) is 10.5. The van der Waals surface area contributed by atoms with E-state index in [1.54, 1.807) is 6.07 Å². The highest BCUT2D eigenvalue weighted by atomic mass is 35.5. The van der Waals surface area contributed by atoms with Crippen molar-refractivity contribution >= 4 is 40.6 Å². The minimum absolute atomic E-state index is 0.133. The van der Waals surface area contributed by atoms with Crippen LogP contribution in [0.5, 0.6) is 5.75 Å². The summed E-state index contributed by atoms with van der Waals surface area (Å²) in [4.78, 5) is 26.4. The van der Waals surface area contributed by atoms with E-state index in [1.807, 2.05) is 24.3 Å². The van der Waals surface area contributed by atoms with Gasteiger partial charge in [-0.25, -0.2) is 0 Å². The summed E-state index contributed by atoms with van der Waals surface area (Å²) in [5, 5.41) is 11.7. The molecule has 154 valence electrons. The molecule has 5 nitrogen and oxygen atoms in total. The van der Waals surface area contributed by atoms with E-state index in [9.17, 15) is 14.7 Å². The SMILES string of the molecule is CCCCOc1ccccc1CN1C(=O)C(O)(CC(C)=O)c2c(Cl)ccc(Cl)c21. The van der Waals surface area contributed by atoms with Crippen LogP contribution in [0.25, 0.3) is 0 Å². The molecule has 7 heteroatoms. The largest absolute Gasteiger partial charge is 0.493 e. The third-order valence-corrected chi connectivity index (χ3v) is 5.54. The number of benzene rings is 2. The van der Waals surface area contributed by atoms with E-state index in [4.69, 9.17) is 27.9 Å². The van der Waals surface area contributed by atoms with Gasteiger partial charge in [-0.2, -0.15) is 0 Å². The van der Waals surface area contributed by atoms with Gasteiger partial charge in [0.1, 0.15) is 11.5 Å². The number of aliphatic hydroxyl groups is 1. The van der Waals surface area contributed by atoms with Gasteiger partial charge in [-0.15, -0.1) is 0 Å². The first-order valence-electron chi connectivity index (χ1n) is 9.52. The fourth-order valence-electron chi connectivity index (χ4n) is 3.58. The summed E-state index contributed by atoms with van der Waals surface area (Å²) in [6.45, 7) is 4.10. The average molecular weight is 436 g/mol. The number of amides is 1. The van der Waals surface area contributed by atoms with Crippen LogP contribution in [0, 0.1) is 0 Å². The maximum atomic E-state index is 13.3. The number of hydrogen-bond acceptors (Lipinski definition) is 4. The van der Waals surface area contributed by atoms with Gasteiger partial charge < -0.3 is 14.7 Å². The highest BCUT2D eigenvalue weighted by Crippen LogP contribution is 2.50. The number of nitrogens with zero attached hydrogens (tertiary/aromatic N) is 1. The molecule has 1 aliphatic rings. The van der Waals surface area contributed by atoms with Crippen LogP contribution in [0.4, 0.5) is 5.69 Å². The predicted octanol–water partition coefficient (Wildman–Crippen LogP) is 4.89. The molecule has 0 bridgehead atoms. The van der Waals surface area contributed by atoms with Crippen molar-refractivity contribution in [3.63, 3.8) is 0 Å². The normalized spacial score (nSPS) is 18.1. The Kier molecular flexibility index (Phi) is 6.52. The van der Waals surface area contributed by atoms with Crippen LogP contribution in [0.15, 0.2) is 36.4 Å². The summed E-state index contributed by atoms with van der Waals surface area (Å²) in [6.07, 6.45) is 1.55. The maximum Gasteiger partial charge on any atom is 0.264 e. The summed E-state index contributed by atoms with van der Waals surface area (Å²) >= 11 is 12.7. The molecule has 29 heavy (non-hydrogen) atoms. The highest BCUT2D eigenvalue weighted by Gasteiger charge is 2.52. The number of carbonyl (C=O) groups excluding carboxylic acids is 2. The van der Waals surface area contributed by atoms with Crippen molar-refractivity contribution < 1.29 is 19.4 Å². The Labute approximate surface area is 180 Å². The molecular formula is C22H23Cl2NO4. The van der Waals surface area contributed by atoms with Gasteiger partial charge >= 0.3 is 0 Å². The van der Waals surface area contributed by atoms with Gasteiger partial charge in [0, 0.05) is 22.6 Å². The van der Waals surface area contributed by atoms with Crippen molar-refractivity contribution in [2.75, 3.05) is 11.5 Å². The number of Topliss-reactive ketones (excluding diaryl/α,β-unsaturated/α-hetero) is 1. The second-order valence-electron chi connectivity index (χ2n) is 7.19. The Morgan fingerprint density at radius 3 is 2.55 bits per heavy atom. The number of unbranched alkanes of at least 4 members (excludes halogenated alkanes) is 1. The Morgan fingerprint density at radius 1 is 1.17 bits per heavy atom. The predicted molar refractivity (Wildman–Crippen MR) is 114 cm³/mol. The van der Waals surface area contributed by atoms with Gasteiger partial charge in [0.2, 0.25) is 0 Å². The van der Waals surface area contributed by atoms with E-state index < -0.39 is 11.5 Å². The minimum atomic E-state index is -2.04. The molecule has 0 aliphatic carbocycles. The van der Waals surface area contributed by atoms with Crippen molar-refractivity contribution in [2.24, 2.45) is 0 Å². The lowest BCUT2D eigenvalue weighted by molar-refractivity contribution is -0.141. The molecule has 0 fully saturated rings. The van der Waals surface area contributed by atoms with Crippen molar-refractivity contribution in [3.05, 3.63) is 57.6 Å². The van der Waals surface area contributed by atoms with Gasteiger partial charge in [0.25, 0.3) is 5.91 Å². The van der Waals surface area contributed by atoms with Crippen LogP contribution in [0.1, 0.15) is 44.2 Å². The molecular weight excluding hydrogens is 413 g/mol. The number of ether oxygens (including phenoxy) is 1. The van der Waals surface area contributed by atoms with Gasteiger partial charge in [-0.1, -0.05) is 54.7 Å². The average Bonchev–Trinajstić information content (AvgIpc) is 2.88. The summed E-state index contributed by atoms with van der Waals surface area (Å²) in [5.41, 5.74) is -0.764. The minimum Gasteiger partial charge on any atom is -0.493 e. The Bertz CT molecular complexity index is 946. The number of fused-ring (bicyclic) bond motifs is 1. The van der Waals surface area contributed by atoms with Crippen molar-refractivity contribution in [1.82, 2.24) is 0 Å². The molecule has 2 aromatic rings. The first kappa shape index (κ1) is 21.6. The van der Waals surface area contributed by atoms with E-state index in [0.29, 0.717) is 18.0 Å². The Morgan fingerprint density at radius 2 is 1.86 bits per heavy atom. The van der Waals surface area contributed by atoms with E-state index in [2.05, 4.69) is 6.92 Å². The second-order valence-corrected chi connectivity index (χ2v) is 8.01. The van der Waals surface area contributed by atoms with Crippen LogP contribution < -0.4 is 9.64 Å². The first-order valence-corrected chi connectivity index (χ1v) is 10.3. The standard InChI is InChI=1S/C22H23Cl2NO4/c1-3-4-11-29-18-8-6-5-7-15(18)13-25-20-17(24)10-9-16(23)19(20)22(28,21(25)27)12-14(2)26/h5-10,28H,3-4,11-13H2,1-2H3. The third kappa shape index (κ3) is 4.13. The molecule has 1 atom stereocenters. The van der Waals surface area contributed by atoms with Crippen LogP contribution in [0.3, 0.4) is 0 Å². The van der Waals surface area contributed by atoms with Crippen molar-refractivity contribution in [1.29, 1.82) is 0 Å². The molecule has 1 unspecified atom stereocenters. The molecule has 0 radical (unpaired) electrons. The first-order chi connectivity index (χ1) is 13.8. The molecule has 0 saturated heterocycles. The van der Waals surface area contributed by atoms with Crippen LogP contribution in [0.2, 0.25) is 10.0 Å². The van der Waals surface area contributed by atoms with Crippen molar-refractivity contribution in [2.45, 2.75) is 45.3 Å². The zero-order valence-corrected chi connectivity index (χ0v) is 17.9. The van der Waals surface area contributed by atoms with E-state index in [-0.39, 0.29) is 34.4 Å². The number of carbonyl (C=O) groups is 2. The summed E-state index contributed by atoms with van der Waals surface area (Å²) < 4.78 is 5.87. The number of para-hydroxylation sites is 1. The summed E-state index contributed by atoms with van der Waals surface area (Å²) in [5.74, 6) is -0.287. The molecule has 1 amide bonds. The zero-order chi connectivity index (χ0) is 21.2. The number of halogens is 2. The van der Waals surface area contributed by atoms with Gasteiger partial charge in [0.05, 0.1) is 23.9 Å². The summed E-state index contributed by atoms with van der Waals surface area (Å²) in [7, 11) is 0. The molecule has 3 rings (SSSR count). The molecule has 1 N–H and O–H groups in total. The number of hydrogen-bond donors (Lipinski definition) is 1. The second kappa shape index (κ2) is 8.74. The monoisotopic (exact) mass is 435 g/mol. The topological polar surface area (TPSA) is 66.8 Å². The molecule has 1 aliphatic heterocycles. The number of ketones is 1. The van der Waals surface area contributed by atoms with Crippen LogP contribution in [-0.2, 0) is 21.7 Å². The number of rotatable bonds is 8. The molecule has 1 heterocycles. The van der Waals surface area contributed by atoms with Crippen LogP contribution >= 0.6 is 23.2 Å². The van der Waals surface area contributed by atoms with E-state index in [1.165, 1.54) is 17.9 Å². The van der Waals surface area contributed by atoms with Gasteiger partial charge in [-0.05, 0) is 31.5 Å². The maximum absolute atomic E-state index is 13.3. The lowest BCUT2D eigenvalue weighted by atomic mass is 9.90. The highest BCUT2D eigenvalue weighted by molar-refractivity contribution is 6.38. The Balaban J connectivity index is 2.03. The number of anilines is 1. The fraction of sp³-hybridized carbons (Fsp3) is 0.364. The lowest BCUT2D eigenvalue weighted by Crippen LogP contribution is -2.41. The lowest BCUT2D eigenvalue weighted by Gasteiger charge is -2.23. The fourth-order valence-corrected chi connectivity index (χ4v) is 4.15. The van der Waals surface area contributed by atoms with Crippen molar-refractivity contribution in [3.8, 4) is 5.75 Å². The van der Waals surface area contributed by atoms with Gasteiger partial charge in [-0.3, -0.25) is 9.59 Å². The third-order valence-electron chi connectivity index (χ3n) is 4.92. The molecule has 0 spiro atoms. The zero-order valence-electron chi connectivity index (χ0n) is 16.4. The molecule has 2 aromatic carbocycles. The molecule has 0 aromatic heterocycles. The van der Waals surface area contributed by atoms with E-state index in [0.717, 1.165) is 18.4 Å². The smallest absolute Gasteiger partial charge is 0.264 e. The molecule has 0 saturated carbocycles. The van der Waals surface area contributed by atoms with Crippen LogP contribution in [-0.4, -0.2) is 23.4 Å². The van der Waals surface area contributed by atoms with Gasteiger partial charge in [0.15, 0.2) is 5.60 Å². The quantitative estimate of drug-likeness (QED) is 0.599. The Hall–Kier alpha value is -2.08.